The summed E-state index contributed by atoms with van der Waals surface area (Å²) in [5.74, 6) is -1.43. The van der Waals surface area contributed by atoms with Crippen LogP contribution in [0.4, 0.5) is 16.2 Å². The Bertz CT molecular complexity index is 1130. The summed E-state index contributed by atoms with van der Waals surface area (Å²) in [5.41, 5.74) is 1.27. The van der Waals surface area contributed by atoms with Gasteiger partial charge in [0.05, 0.1) is 12.1 Å². The van der Waals surface area contributed by atoms with Crippen LogP contribution in [0.2, 0.25) is 0 Å². The highest BCUT2D eigenvalue weighted by molar-refractivity contribution is 6.01. The lowest BCUT2D eigenvalue weighted by Gasteiger charge is -2.24. The maximum Gasteiger partial charge on any atom is 0.326 e. The second kappa shape index (κ2) is 8.95. The fourth-order valence-corrected chi connectivity index (χ4v) is 2.97. The summed E-state index contributed by atoms with van der Waals surface area (Å²) in [6.45, 7) is -0.128. The summed E-state index contributed by atoms with van der Waals surface area (Å²) >= 11 is 0. The van der Waals surface area contributed by atoms with E-state index in [1.54, 1.807) is 18.2 Å². The molecule has 3 aromatic rings. The molecule has 0 aliphatic carbocycles. The molecule has 0 saturated heterocycles. The van der Waals surface area contributed by atoms with Crippen molar-refractivity contribution in [3.05, 3.63) is 77.2 Å². The summed E-state index contributed by atoms with van der Waals surface area (Å²) < 4.78 is 1.24. The Balaban J connectivity index is 2.09. The number of urea groups is 1. The van der Waals surface area contributed by atoms with Crippen molar-refractivity contribution in [3.63, 3.8) is 0 Å². The zero-order chi connectivity index (χ0) is 21.7. The first kappa shape index (κ1) is 20.7. The number of nitrogens with zero attached hydrogens (tertiary/aromatic N) is 2. The van der Waals surface area contributed by atoms with Gasteiger partial charge in [0.25, 0.3) is 5.56 Å². The first-order chi connectivity index (χ1) is 14.4. The van der Waals surface area contributed by atoms with Gasteiger partial charge in [0.15, 0.2) is 5.69 Å². The van der Waals surface area contributed by atoms with Gasteiger partial charge in [-0.05, 0) is 29.3 Å². The topological polar surface area (TPSA) is 112 Å². The van der Waals surface area contributed by atoms with Gasteiger partial charge < -0.3 is 20.1 Å². The number of anilines is 2. The molecular weight excluding hydrogens is 386 g/mol. The van der Waals surface area contributed by atoms with Crippen molar-refractivity contribution in [1.82, 2.24) is 9.88 Å². The van der Waals surface area contributed by atoms with E-state index < -0.39 is 17.6 Å². The van der Waals surface area contributed by atoms with E-state index in [9.17, 15) is 19.5 Å². The maximum atomic E-state index is 13.0. The summed E-state index contributed by atoms with van der Waals surface area (Å²) in [7, 11) is 1.51. The number of aryl methyl sites for hydroxylation is 1. The zero-order valence-electron chi connectivity index (χ0n) is 16.3. The summed E-state index contributed by atoms with van der Waals surface area (Å²) in [5, 5.41) is 21.7. The van der Waals surface area contributed by atoms with Crippen molar-refractivity contribution >= 4 is 23.4 Å². The van der Waals surface area contributed by atoms with E-state index in [1.165, 1.54) is 23.9 Å². The molecule has 0 fully saturated rings. The number of rotatable bonds is 6. The second-order valence-electron chi connectivity index (χ2n) is 6.59. The minimum atomic E-state index is -1.06. The van der Waals surface area contributed by atoms with E-state index in [0.29, 0.717) is 5.69 Å². The molecule has 3 rings (SSSR count). The summed E-state index contributed by atoms with van der Waals surface area (Å²) in [6, 6.07) is 17.0. The molecule has 0 saturated carbocycles. The van der Waals surface area contributed by atoms with Gasteiger partial charge in [-0.15, -0.1) is 0 Å². The number of hydrogen-bond acceptors (Lipinski definition) is 4. The number of benzene rings is 2. The predicted octanol–water partition coefficient (Wildman–Crippen LogP) is 3.08. The fraction of sp³-hybridized carbons (Fsp3) is 0.136. The minimum absolute atomic E-state index is 0.128. The third-order valence-electron chi connectivity index (χ3n) is 4.47. The highest BCUT2D eigenvalue weighted by Crippen LogP contribution is 2.32. The number of nitrogens with one attached hydrogen (secondary N) is 1. The molecule has 2 aromatic carbocycles. The van der Waals surface area contributed by atoms with Crippen LogP contribution in [0.25, 0.3) is 11.1 Å². The normalized spacial score (nSPS) is 10.4. The van der Waals surface area contributed by atoms with Crippen LogP contribution < -0.4 is 15.8 Å². The largest absolute Gasteiger partial charge is 0.505 e. The lowest BCUT2D eigenvalue weighted by molar-refractivity contribution is -0.136. The van der Waals surface area contributed by atoms with Crippen LogP contribution in [0.5, 0.6) is 5.75 Å². The SMILES string of the molecule is Cn1ccc(O)c(N(C(=O)NCCC(=O)O)c2cccc(-c3ccccc3)c2)c1=O. The van der Waals surface area contributed by atoms with Gasteiger partial charge in [0.1, 0.15) is 5.75 Å². The Labute approximate surface area is 172 Å². The molecule has 8 heteroatoms. The van der Waals surface area contributed by atoms with Crippen molar-refractivity contribution < 1.29 is 19.8 Å². The molecule has 0 radical (unpaired) electrons. The standard InChI is InChI=1S/C22H21N3O5/c1-24-13-11-18(26)20(21(24)29)25(22(30)23-12-10-19(27)28)17-9-5-8-16(14-17)15-6-3-2-4-7-15/h2-9,11,13-14,26H,10,12H2,1H3,(H,23,30)(H,27,28). The van der Waals surface area contributed by atoms with Gasteiger partial charge in [0, 0.05) is 19.8 Å². The molecule has 8 nitrogen and oxygen atoms in total. The molecule has 3 N–H and O–H groups in total. The van der Waals surface area contributed by atoms with E-state index in [-0.39, 0.29) is 24.4 Å². The molecule has 0 aliphatic heterocycles. The number of pyridine rings is 1. The maximum absolute atomic E-state index is 13.0. The van der Waals surface area contributed by atoms with Crippen molar-refractivity contribution in [2.45, 2.75) is 6.42 Å². The molecule has 1 heterocycles. The molecule has 0 bridgehead atoms. The van der Waals surface area contributed by atoms with Crippen LogP contribution in [0.3, 0.4) is 0 Å². The van der Waals surface area contributed by atoms with E-state index in [1.807, 2.05) is 36.4 Å². The molecular formula is C22H21N3O5. The Kier molecular flexibility index (Phi) is 6.17. The number of carbonyl (C=O) groups is 2. The van der Waals surface area contributed by atoms with E-state index >= 15 is 0 Å². The van der Waals surface area contributed by atoms with Crippen molar-refractivity contribution in [3.8, 4) is 16.9 Å². The number of carbonyl (C=O) groups excluding carboxylic acids is 1. The molecule has 154 valence electrons. The van der Waals surface area contributed by atoms with Crippen LogP contribution >= 0.6 is 0 Å². The van der Waals surface area contributed by atoms with Crippen LogP contribution in [0.15, 0.2) is 71.7 Å². The molecule has 30 heavy (non-hydrogen) atoms. The third kappa shape index (κ3) is 4.49. The molecule has 1 aromatic heterocycles. The molecule has 2 amide bonds. The van der Waals surface area contributed by atoms with Crippen LogP contribution in [0.1, 0.15) is 6.42 Å². The van der Waals surface area contributed by atoms with Gasteiger partial charge >= 0.3 is 12.0 Å². The Morgan fingerprint density at radius 3 is 2.43 bits per heavy atom. The van der Waals surface area contributed by atoms with Crippen molar-refractivity contribution in [2.75, 3.05) is 11.4 Å². The van der Waals surface area contributed by atoms with Crippen molar-refractivity contribution in [2.24, 2.45) is 7.05 Å². The number of aromatic nitrogens is 1. The van der Waals surface area contributed by atoms with Gasteiger partial charge in [-0.1, -0.05) is 42.5 Å². The van der Waals surface area contributed by atoms with Crippen LogP contribution in [-0.4, -0.2) is 33.3 Å². The molecule has 0 spiro atoms. The Hall–Kier alpha value is -4.07. The number of aromatic hydroxyl groups is 1. The van der Waals surface area contributed by atoms with Crippen molar-refractivity contribution in [1.29, 1.82) is 0 Å². The molecule has 0 atom stereocenters. The highest BCUT2D eigenvalue weighted by atomic mass is 16.4. The smallest absolute Gasteiger partial charge is 0.326 e. The first-order valence-electron chi connectivity index (χ1n) is 9.22. The van der Waals surface area contributed by atoms with Gasteiger partial charge in [-0.2, -0.15) is 0 Å². The zero-order valence-corrected chi connectivity index (χ0v) is 16.3. The van der Waals surface area contributed by atoms with Gasteiger partial charge in [-0.3, -0.25) is 14.5 Å². The number of hydrogen-bond donors (Lipinski definition) is 3. The number of carboxylic acid groups (broad SMARTS) is 1. The average molecular weight is 407 g/mol. The fourth-order valence-electron chi connectivity index (χ4n) is 2.97. The summed E-state index contributed by atoms with van der Waals surface area (Å²) in [6.07, 6.45) is 1.12. The summed E-state index contributed by atoms with van der Waals surface area (Å²) in [4.78, 5) is 37.5. The van der Waals surface area contributed by atoms with E-state index in [2.05, 4.69) is 5.32 Å². The lowest BCUT2D eigenvalue weighted by Crippen LogP contribution is -2.41. The monoisotopic (exact) mass is 407 g/mol. The lowest BCUT2D eigenvalue weighted by atomic mass is 10.0. The van der Waals surface area contributed by atoms with Gasteiger partial charge in [-0.25, -0.2) is 4.79 Å². The quantitative estimate of drug-likeness (QED) is 0.581. The number of carboxylic acids is 1. The Morgan fingerprint density at radius 1 is 1.03 bits per heavy atom. The number of amides is 2. The highest BCUT2D eigenvalue weighted by Gasteiger charge is 2.25. The predicted molar refractivity (Wildman–Crippen MR) is 113 cm³/mol. The second-order valence-corrected chi connectivity index (χ2v) is 6.59. The van der Waals surface area contributed by atoms with Gasteiger partial charge in [0.2, 0.25) is 0 Å². The number of aliphatic carboxylic acids is 1. The Morgan fingerprint density at radius 2 is 1.73 bits per heavy atom. The third-order valence-corrected chi connectivity index (χ3v) is 4.47. The van der Waals surface area contributed by atoms with E-state index in [4.69, 9.17) is 5.11 Å². The average Bonchev–Trinajstić information content (AvgIpc) is 2.74. The first-order valence-corrected chi connectivity index (χ1v) is 9.22. The minimum Gasteiger partial charge on any atom is -0.505 e. The molecule has 0 unspecified atom stereocenters. The van der Waals surface area contributed by atoms with Crippen LogP contribution in [-0.2, 0) is 11.8 Å². The van der Waals surface area contributed by atoms with E-state index in [0.717, 1.165) is 16.0 Å². The molecule has 0 aliphatic rings. The van der Waals surface area contributed by atoms with Crippen LogP contribution in [0, 0.1) is 0 Å².